The lowest BCUT2D eigenvalue weighted by atomic mass is 9.80. The number of amides is 1. The average Bonchev–Trinajstić information content (AvgIpc) is 3.00. The maximum atomic E-state index is 12.5. The fourth-order valence-corrected chi connectivity index (χ4v) is 2.27. The van der Waals surface area contributed by atoms with Gasteiger partial charge in [-0.05, 0) is 32.1 Å². The number of alkyl halides is 3. The van der Waals surface area contributed by atoms with Gasteiger partial charge in [0.15, 0.2) is 0 Å². The van der Waals surface area contributed by atoms with Crippen LogP contribution in [0.4, 0.5) is 13.2 Å². The van der Waals surface area contributed by atoms with E-state index in [4.69, 9.17) is 0 Å². The van der Waals surface area contributed by atoms with Gasteiger partial charge < -0.3 is 5.32 Å². The van der Waals surface area contributed by atoms with Crippen LogP contribution in [0.3, 0.4) is 0 Å². The van der Waals surface area contributed by atoms with Crippen molar-refractivity contribution >= 4 is 5.91 Å². The molecule has 2 saturated carbocycles. The van der Waals surface area contributed by atoms with E-state index in [9.17, 15) is 18.0 Å². The maximum Gasteiger partial charge on any atom is 0.391 e. The second kappa shape index (κ2) is 4.26. The summed E-state index contributed by atoms with van der Waals surface area (Å²) in [5, 5.41) is 2.79. The fourth-order valence-electron chi connectivity index (χ4n) is 2.27. The second-order valence-corrected chi connectivity index (χ2v) is 4.88. The Kier molecular flexibility index (Phi) is 3.13. The molecule has 2 aliphatic rings. The molecule has 16 heavy (non-hydrogen) atoms. The van der Waals surface area contributed by atoms with Crippen molar-refractivity contribution in [2.45, 2.75) is 50.7 Å². The highest BCUT2D eigenvalue weighted by molar-refractivity contribution is 5.79. The predicted molar refractivity (Wildman–Crippen MR) is 52.7 cm³/mol. The molecule has 0 radical (unpaired) electrons. The second-order valence-electron chi connectivity index (χ2n) is 4.88. The molecule has 0 aromatic carbocycles. The van der Waals surface area contributed by atoms with Gasteiger partial charge in [-0.2, -0.15) is 13.2 Å². The van der Waals surface area contributed by atoms with Crippen LogP contribution < -0.4 is 5.32 Å². The van der Waals surface area contributed by atoms with Gasteiger partial charge in [-0.3, -0.25) is 4.79 Å². The van der Waals surface area contributed by atoms with Crippen molar-refractivity contribution < 1.29 is 18.0 Å². The average molecular weight is 235 g/mol. The van der Waals surface area contributed by atoms with Gasteiger partial charge in [-0.25, -0.2) is 0 Å². The normalized spacial score (nSPS) is 31.2. The standard InChI is InChI=1S/C11H16F3NO/c12-11(13,14)8-3-1-2-7(6-8)10(16)15-9-4-5-9/h7-9H,1-6H2,(H,15,16). The van der Waals surface area contributed by atoms with Crippen molar-refractivity contribution in [3.8, 4) is 0 Å². The third-order valence-corrected chi connectivity index (χ3v) is 3.43. The molecule has 1 amide bonds. The number of rotatable bonds is 2. The van der Waals surface area contributed by atoms with Crippen LogP contribution in [0.5, 0.6) is 0 Å². The third-order valence-electron chi connectivity index (χ3n) is 3.43. The minimum Gasteiger partial charge on any atom is -0.353 e. The highest BCUT2D eigenvalue weighted by atomic mass is 19.4. The number of carbonyl (C=O) groups excluding carboxylic acids is 1. The molecule has 2 nitrogen and oxygen atoms in total. The zero-order valence-corrected chi connectivity index (χ0v) is 9.02. The first-order chi connectivity index (χ1) is 7.47. The van der Waals surface area contributed by atoms with Crippen LogP contribution in [0.1, 0.15) is 38.5 Å². The highest BCUT2D eigenvalue weighted by Gasteiger charge is 2.43. The molecule has 0 saturated heterocycles. The summed E-state index contributed by atoms with van der Waals surface area (Å²) in [4.78, 5) is 11.6. The summed E-state index contributed by atoms with van der Waals surface area (Å²) in [7, 11) is 0. The predicted octanol–water partition coefficient (Wildman–Crippen LogP) is 2.63. The van der Waals surface area contributed by atoms with Crippen LogP contribution in [-0.4, -0.2) is 18.1 Å². The molecule has 0 aliphatic heterocycles. The molecule has 2 rings (SSSR count). The molecule has 2 aliphatic carbocycles. The molecule has 5 heteroatoms. The van der Waals surface area contributed by atoms with Crippen molar-refractivity contribution in [3.05, 3.63) is 0 Å². The molecule has 2 atom stereocenters. The first kappa shape index (κ1) is 11.7. The Morgan fingerprint density at radius 2 is 1.81 bits per heavy atom. The lowest BCUT2D eigenvalue weighted by Crippen LogP contribution is -2.38. The van der Waals surface area contributed by atoms with Gasteiger partial charge in [-0.1, -0.05) is 6.42 Å². The number of carbonyl (C=O) groups is 1. The van der Waals surface area contributed by atoms with Crippen molar-refractivity contribution in [2.24, 2.45) is 11.8 Å². The zero-order valence-electron chi connectivity index (χ0n) is 9.02. The van der Waals surface area contributed by atoms with Gasteiger partial charge in [0, 0.05) is 12.0 Å². The van der Waals surface area contributed by atoms with Gasteiger partial charge in [0.2, 0.25) is 5.91 Å². The van der Waals surface area contributed by atoms with E-state index >= 15 is 0 Å². The fraction of sp³-hybridized carbons (Fsp3) is 0.909. The van der Waals surface area contributed by atoms with E-state index in [1.165, 1.54) is 0 Å². The Labute approximate surface area is 92.6 Å². The smallest absolute Gasteiger partial charge is 0.353 e. The maximum absolute atomic E-state index is 12.5. The molecular formula is C11H16F3NO. The van der Waals surface area contributed by atoms with Gasteiger partial charge in [0.05, 0.1) is 5.92 Å². The van der Waals surface area contributed by atoms with E-state index in [1.54, 1.807) is 0 Å². The van der Waals surface area contributed by atoms with Crippen LogP contribution in [0.15, 0.2) is 0 Å². The SMILES string of the molecule is O=C(NC1CC1)C1CCCC(C(F)(F)F)C1. The molecule has 92 valence electrons. The molecule has 0 bridgehead atoms. The van der Waals surface area contributed by atoms with E-state index in [1.807, 2.05) is 0 Å². The van der Waals surface area contributed by atoms with Gasteiger partial charge >= 0.3 is 6.18 Å². The Hall–Kier alpha value is -0.740. The summed E-state index contributed by atoms with van der Waals surface area (Å²) in [6.45, 7) is 0. The van der Waals surface area contributed by atoms with E-state index < -0.39 is 18.0 Å². The van der Waals surface area contributed by atoms with Crippen molar-refractivity contribution in [1.82, 2.24) is 5.32 Å². The summed E-state index contributed by atoms with van der Waals surface area (Å²) in [6.07, 6.45) is -0.933. The van der Waals surface area contributed by atoms with Crippen molar-refractivity contribution in [3.63, 3.8) is 0 Å². The van der Waals surface area contributed by atoms with E-state index in [2.05, 4.69) is 5.32 Å². The topological polar surface area (TPSA) is 29.1 Å². The number of hydrogen-bond acceptors (Lipinski definition) is 1. The Bertz CT molecular complexity index is 273. The molecule has 0 spiro atoms. The van der Waals surface area contributed by atoms with Crippen LogP contribution in [-0.2, 0) is 4.79 Å². The molecule has 0 aromatic rings. The Morgan fingerprint density at radius 1 is 1.12 bits per heavy atom. The highest BCUT2D eigenvalue weighted by Crippen LogP contribution is 2.40. The summed E-state index contributed by atoms with van der Waals surface area (Å²) < 4.78 is 37.6. The van der Waals surface area contributed by atoms with Crippen molar-refractivity contribution in [2.75, 3.05) is 0 Å². The molecule has 0 aromatic heterocycles. The lowest BCUT2D eigenvalue weighted by molar-refractivity contribution is -0.186. The molecule has 2 fully saturated rings. The summed E-state index contributed by atoms with van der Waals surface area (Å²) in [6, 6.07) is 0.235. The number of nitrogens with one attached hydrogen (secondary N) is 1. The van der Waals surface area contributed by atoms with Crippen LogP contribution in [0.2, 0.25) is 0 Å². The first-order valence-corrected chi connectivity index (χ1v) is 5.84. The lowest BCUT2D eigenvalue weighted by Gasteiger charge is -2.29. The third kappa shape index (κ3) is 2.89. The van der Waals surface area contributed by atoms with E-state index in [0.717, 1.165) is 12.8 Å². The molecular weight excluding hydrogens is 219 g/mol. The van der Waals surface area contributed by atoms with Gasteiger partial charge in [0.25, 0.3) is 0 Å². The summed E-state index contributed by atoms with van der Waals surface area (Å²) in [5.74, 6) is -1.88. The Morgan fingerprint density at radius 3 is 2.38 bits per heavy atom. The van der Waals surface area contributed by atoms with E-state index in [-0.39, 0.29) is 24.8 Å². The monoisotopic (exact) mass is 235 g/mol. The largest absolute Gasteiger partial charge is 0.391 e. The number of hydrogen-bond donors (Lipinski definition) is 1. The quantitative estimate of drug-likeness (QED) is 0.783. The zero-order chi connectivity index (χ0) is 11.8. The molecule has 0 heterocycles. The molecule has 1 N–H and O–H groups in total. The van der Waals surface area contributed by atoms with Crippen LogP contribution >= 0.6 is 0 Å². The minimum absolute atomic E-state index is 0.0257. The molecule has 2 unspecified atom stereocenters. The minimum atomic E-state index is -4.14. The van der Waals surface area contributed by atoms with E-state index in [0.29, 0.717) is 12.8 Å². The van der Waals surface area contributed by atoms with Crippen LogP contribution in [0, 0.1) is 11.8 Å². The summed E-state index contributed by atoms with van der Waals surface area (Å²) >= 11 is 0. The van der Waals surface area contributed by atoms with Crippen molar-refractivity contribution in [1.29, 1.82) is 0 Å². The number of halogens is 3. The van der Waals surface area contributed by atoms with Crippen LogP contribution in [0.25, 0.3) is 0 Å². The van der Waals surface area contributed by atoms with Gasteiger partial charge in [0.1, 0.15) is 0 Å². The van der Waals surface area contributed by atoms with Gasteiger partial charge in [-0.15, -0.1) is 0 Å². The summed E-state index contributed by atoms with van der Waals surface area (Å²) in [5.41, 5.74) is 0. The first-order valence-electron chi connectivity index (χ1n) is 5.84. The Balaban J connectivity index is 1.87.